The molecule has 2 aliphatic heterocycles. The fraction of sp³-hybridized carbons (Fsp3) is 0.261. The number of para-hydroxylation sites is 2. The van der Waals surface area contributed by atoms with Crippen LogP contribution in [0.5, 0.6) is 11.5 Å². The van der Waals surface area contributed by atoms with Gasteiger partial charge in [0.25, 0.3) is 11.8 Å². The Kier molecular flexibility index (Phi) is 5.22. The third-order valence-corrected chi connectivity index (χ3v) is 5.63. The minimum Gasteiger partial charge on any atom is -0.485 e. The van der Waals surface area contributed by atoms with Crippen molar-refractivity contribution in [3.8, 4) is 17.2 Å². The lowest BCUT2D eigenvalue weighted by atomic mass is 10.2. The minimum absolute atomic E-state index is 0.150. The van der Waals surface area contributed by atoms with Gasteiger partial charge >= 0.3 is 0 Å². The first-order chi connectivity index (χ1) is 15.6. The van der Waals surface area contributed by atoms with Crippen LogP contribution in [0.4, 0.5) is 4.39 Å². The van der Waals surface area contributed by atoms with E-state index in [0.717, 1.165) is 0 Å². The number of hydrogen-bond donors (Lipinski definition) is 0. The number of nitrogens with zero attached hydrogens (tertiary/aromatic N) is 4. The Morgan fingerprint density at radius 2 is 1.62 bits per heavy atom. The van der Waals surface area contributed by atoms with Gasteiger partial charge in [0.1, 0.15) is 18.1 Å². The zero-order chi connectivity index (χ0) is 22.1. The van der Waals surface area contributed by atoms with Gasteiger partial charge in [0, 0.05) is 31.9 Å². The molecule has 2 aliphatic rings. The van der Waals surface area contributed by atoms with E-state index in [1.807, 2.05) is 12.1 Å². The molecule has 0 bridgehead atoms. The van der Waals surface area contributed by atoms with Crippen LogP contribution in [0.25, 0.3) is 5.69 Å². The first-order valence-corrected chi connectivity index (χ1v) is 10.3. The van der Waals surface area contributed by atoms with Gasteiger partial charge in [0.2, 0.25) is 6.10 Å². The molecule has 164 valence electrons. The number of halogens is 1. The molecule has 0 aliphatic carbocycles. The van der Waals surface area contributed by atoms with Gasteiger partial charge in [-0.25, -0.2) is 9.37 Å². The number of piperazine rings is 1. The molecule has 0 saturated carbocycles. The van der Waals surface area contributed by atoms with Crippen molar-refractivity contribution in [3.63, 3.8) is 0 Å². The molecule has 2 amide bonds. The number of aromatic nitrogens is 2. The quantitative estimate of drug-likeness (QED) is 0.629. The Morgan fingerprint density at radius 3 is 2.38 bits per heavy atom. The second-order valence-electron chi connectivity index (χ2n) is 7.61. The second-order valence-corrected chi connectivity index (χ2v) is 7.61. The molecule has 5 rings (SSSR count). The molecule has 1 fully saturated rings. The Labute approximate surface area is 183 Å². The summed E-state index contributed by atoms with van der Waals surface area (Å²) in [5.41, 5.74) is 1.03. The topological polar surface area (TPSA) is 76.9 Å². The summed E-state index contributed by atoms with van der Waals surface area (Å²) in [5, 5.41) is 0. The van der Waals surface area contributed by atoms with Crippen molar-refractivity contribution in [1.29, 1.82) is 0 Å². The molecule has 0 N–H and O–H groups in total. The molecule has 1 atom stereocenters. The summed E-state index contributed by atoms with van der Waals surface area (Å²) >= 11 is 0. The monoisotopic (exact) mass is 436 g/mol. The minimum atomic E-state index is -0.702. The lowest BCUT2D eigenvalue weighted by Gasteiger charge is -2.37. The van der Waals surface area contributed by atoms with Crippen LogP contribution in [0.1, 0.15) is 10.5 Å². The molecule has 3 aromatic rings. The Hall–Kier alpha value is -3.88. The fourth-order valence-corrected chi connectivity index (χ4v) is 3.90. The zero-order valence-corrected chi connectivity index (χ0v) is 17.2. The summed E-state index contributed by atoms with van der Waals surface area (Å²) in [6.45, 7) is 1.74. The van der Waals surface area contributed by atoms with Gasteiger partial charge in [-0.2, -0.15) is 0 Å². The third-order valence-electron chi connectivity index (χ3n) is 5.63. The highest BCUT2D eigenvalue weighted by Crippen LogP contribution is 2.31. The SMILES string of the molecule is O=C(c1cncn1-c1ccc(F)cc1)N1CCN(C(=O)[C@@H]2COc3ccccc3O2)CC1. The van der Waals surface area contributed by atoms with Crippen LogP contribution >= 0.6 is 0 Å². The lowest BCUT2D eigenvalue weighted by molar-refractivity contribution is -0.142. The smallest absolute Gasteiger partial charge is 0.272 e. The van der Waals surface area contributed by atoms with E-state index in [-0.39, 0.29) is 24.2 Å². The van der Waals surface area contributed by atoms with Crippen LogP contribution in [0, 0.1) is 5.82 Å². The van der Waals surface area contributed by atoms with Crippen LogP contribution in [-0.4, -0.2) is 70.1 Å². The average molecular weight is 436 g/mol. The number of rotatable bonds is 3. The highest BCUT2D eigenvalue weighted by molar-refractivity contribution is 5.93. The van der Waals surface area contributed by atoms with Crippen molar-refractivity contribution >= 4 is 11.8 Å². The van der Waals surface area contributed by atoms with E-state index in [4.69, 9.17) is 9.47 Å². The van der Waals surface area contributed by atoms with E-state index >= 15 is 0 Å². The van der Waals surface area contributed by atoms with Crippen molar-refractivity contribution in [2.75, 3.05) is 32.8 Å². The summed E-state index contributed by atoms with van der Waals surface area (Å²) in [7, 11) is 0. The Bertz CT molecular complexity index is 1140. The molecule has 32 heavy (non-hydrogen) atoms. The van der Waals surface area contributed by atoms with E-state index in [1.54, 1.807) is 38.6 Å². The number of hydrogen-bond acceptors (Lipinski definition) is 5. The second kappa shape index (κ2) is 8.33. The van der Waals surface area contributed by atoms with Gasteiger partial charge in [0.05, 0.1) is 12.5 Å². The van der Waals surface area contributed by atoms with Crippen molar-refractivity contribution in [1.82, 2.24) is 19.4 Å². The first kappa shape index (κ1) is 20.0. The maximum atomic E-state index is 13.2. The lowest BCUT2D eigenvalue weighted by Crippen LogP contribution is -2.55. The maximum absolute atomic E-state index is 13.2. The van der Waals surface area contributed by atoms with Crippen LogP contribution < -0.4 is 9.47 Å². The molecule has 8 nitrogen and oxygen atoms in total. The predicted molar refractivity (Wildman–Crippen MR) is 112 cm³/mol. The molecule has 3 heterocycles. The Balaban J connectivity index is 1.22. The van der Waals surface area contributed by atoms with Crippen molar-refractivity contribution in [3.05, 3.63) is 72.6 Å². The van der Waals surface area contributed by atoms with Gasteiger partial charge < -0.3 is 19.3 Å². The maximum Gasteiger partial charge on any atom is 0.272 e. The number of amides is 2. The molecule has 0 unspecified atom stereocenters. The number of fused-ring (bicyclic) bond motifs is 1. The van der Waals surface area contributed by atoms with Gasteiger partial charge in [-0.05, 0) is 36.4 Å². The molecule has 0 spiro atoms. The number of ether oxygens (including phenoxy) is 2. The molecule has 1 saturated heterocycles. The highest BCUT2D eigenvalue weighted by Gasteiger charge is 2.34. The number of benzene rings is 2. The highest BCUT2D eigenvalue weighted by atomic mass is 19.1. The van der Waals surface area contributed by atoms with E-state index in [0.29, 0.717) is 49.1 Å². The standard InChI is InChI=1S/C23H21FN4O4/c24-16-5-7-17(8-6-16)28-15-25-13-18(28)22(29)26-9-11-27(12-10-26)23(30)21-14-31-19-3-1-2-4-20(19)32-21/h1-8,13,15,21H,9-12,14H2/t21-/m0/s1. The van der Waals surface area contributed by atoms with Crippen molar-refractivity contribution < 1.29 is 23.5 Å². The van der Waals surface area contributed by atoms with E-state index in [2.05, 4.69) is 4.98 Å². The number of carbonyl (C=O) groups excluding carboxylic acids is 2. The molecule has 2 aromatic carbocycles. The third kappa shape index (κ3) is 3.77. The van der Waals surface area contributed by atoms with E-state index < -0.39 is 6.10 Å². The molecule has 9 heteroatoms. The van der Waals surface area contributed by atoms with Crippen LogP contribution in [0.15, 0.2) is 61.1 Å². The summed E-state index contributed by atoms with van der Waals surface area (Å²) in [6, 6.07) is 13.1. The van der Waals surface area contributed by atoms with Crippen LogP contribution in [-0.2, 0) is 4.79 Å². The molecule has 1 aromatic heterocycles. The predicted octanol–water partition coefficient (Wildman–Crippen LogP) is 2.14. The van der Waals surface area contributed by atoms with Gasteiger partial charge in [0.15, 0.2) is 11.5 Å². The van der Waals surface area contributed by atoms with Crippen LogP contribution in [0.2, 0.25) is 0 Å². The summed E-state index contributed by atoms with van der Waals surface area (Å²) in [4.78, 5) is 33.5. The first-order valence-electron chi connectivity index (χ1n) is 10.3. The number of carbonyl (C=O) groups is 2. The van der Waals surface area contributed by atoms with Crippen molar-refractivity contribution in [2.24, 2.45) is 0 Å². The Morgan fingerprint density at radius 1 is 0.938 bits per heavy atom. The largest absolute Gasteiger partial charge is 0.485 e. The summed E-state index contributed by atoms with van der Waals surface area (Å²) in [6.07, 6.45) is 2.32. The van der Waals surface area contributed by atoms with Crippen molar-refractivity contribution in [2.45, 2.75) is 6.10 Å². The van der Waals surface area contributed by atoms with Crippen LogP contribution in [0.3, 0.4) is 0 Å². The van der Waals surface area contributed by atoms with E-state index in [9.17, 15) is 14.0 Å². The molecule has 0 radical (unpaired) electrons. The van der Waals surface area contributed by atoms with Gasteiger partial charge in [-0.3, -0.25) is 14.2 Å². The summed E-state index contributed by atoms with van der Waals surface area (Å²) in [5.74, 6) is 0.496. The molecular weight excluding hydrogens is 415 g/mol. The zero-order valence-electron chi connectivity index (χ0n) is 17.2. The van der Waals surface area contributed by atoms with Gasteiger partial charge in [-0.1, -0.05) is 12.1 Å². The number of imidazole rings is 1. The average Bonchev–Trinajstić information content (AvgIpc) is 3.33. The normalized spacial score (nSPS) is 17.8. The fourth-order valence-electron chi connectivity index (χ4n) is 3.90. The van der Waals surface area contributed by atoms with E-state index in [1.165, 1.54) is 24.7 Å². The summed E-state index contributed by atoms with van der Waals surface area (Å²) < 4.78 is 26.3. The van der Waals surface area contributed by atoms with Gasteiger partial charge in [-0.15, -0.1) is 0 Å². The molecular formula is C23H21FN4O4.